The van der Waals surface area contributed by atoms with E-state index in [1.54, 1.807) is 0 Å². The van der Waals surface area contributed by atoms with Crippen LogP contribution in [0.3, 0.4) is 0 Å². The van der Waals surface area contributed by atoms with Crippen molar-refractivity contribution in [3.63, 3.8) is 0 Å². The van der Waals surface area contributed by atoms with Crippen LogP contribution in [0, 0.1) is 5.41 Å². The topological polar surface area (TPSA) is 17.8 Å². The van der Waals surface area contributed by atoms with Gasteiger partial charge in [-0.2, -0.15) is 0 Å². The van der Waals surface area contributed by atoms with Crippen molar-refractivity contribution in [3.05, 3.63) is 161 Å². The predicted molar refractivity (Wildman–Crippen MR) is 216 cm³/mol. The van der Waals surface area contributed by atoms with Crippen molar-refractivity contribution in [3.8, 4) is 39.1 Å². The molecule has 0 saturated carbocycles. The second kappa shape index (κ2) is 11.4. The molecule has 2 nitrogen and oxygen atoms in total. The summed E-state index contributed by atoms with van der Waals surface area (Å²) in [6.07, 6.45) is 19.0. The summed E-state index contributed by atoms with van der Waals surface area (Å²) in [6.45, 7) is 7.05. The van der Waals surface area contributed by atoms with Crippen molar-refractivity contribution < 1.29 is 0 Å². The number of nitrogens with zero attached hydrogens (tertiary/aromatic N) is 2. The van der Waals surface area contributed by atoms with Crippen molar-refractivity contribution >= 4 is 39.9 Å². The fourth-order valence-corrected chi connectivity index (χ4v) is 8.90. The Kier molecular flexibility index (Phi) is 6.73. The number of aromatic nitrogens is 2. The number of hydrogen-bond acceptors (Lipinski definition) is 1. The van der Waals surface area contributed by atoms with Gasteiger partial charge >= 0.3 is 0 Å². The highest BCUT2D eigenvalue weighted by molar-refractivity contribution is 6.10. The van der Waals surface area contributed by atoms with Gasteiger partial charge in [0, 0.05) is 40.6 Å². The predicted octanol–water partition coefficient (Wildman–Crippen LogP) is 13.1. The lowest BCUT2D eigenvalue weighted by molar-refractivity contribution is 0.477. The number of fused-ring (bicyclic) bond motifs is 3. The zero-order valence-electron chi connectivity index (χ0n) is 29.4. The quantitative estimate of drug-likeness (QED) is 0.184. The molecule has 3 aliphatic rings. The maximum Gasteiger partial charge on any atom is 0.0537 e. The summed E-state index contributed by atoms with van der Waals surface area (Å²) in [6, 6.07) is 38.6. The number of hydrogen-bond donors (Lipinski definition) is 0. The van der Waals surface area contributed by atoms with Crippen molar-refractivity contribution in [1.29, 1.82) is 0 Å². The summed E-state index contributed by atoms with van der Waals surface area (Å²) in [4.78, 5) is 4.36. The molecule has 7 aromatic rings. The summed E-state index contributed by atoms with van der Waals surface area (Å²) in [5.74, 6) is 0.378. The first-order chi connectivity index (χ1) is 24.9. The van der Waals surface area contributed by atoms with Crippen LogP contribution in [0.4, 0.5) is 0 Å². The maximum absolute atomic E-state index is 4.36. The minimum absolute atomic E-state index is 0.141. The Labute approximate surface area is 300 Å². The molecule has 5 aromatic carbocycles. The molecule has 0 saturated heterocycles. The van der Waals surface area contributed by atoms with E-state index in [1.807, 2.05) is 18.5 Å². The van der Waals surface area contributed by atoms with Crippen LogP contribution in [0.15, 0.2) is 133 Å². The summed E-state index contributed by atoms with van der Waals surface area (Å²) < 4.78 is 2.51. The smallest absolute Gasteiger partial charge is 0.0537 e. The van der Waals surface area contributed by atoms with E-state index in [0.717, 1.165) is 24.8 Å². The summed E-state index contributed by atoms with van der Waals surface area (Å²) in [5.41, 5.74) is 18.5. The molecule has 1 atom stereocenters. The lowest BCUT2D eigenvalue weighted by atomic mass is 9.70. The van der Waals surface area contributed by atoms with E-state index in [2.05, 4.69) is 158 Å². The first-order valence-electron chi connectivity index (χ1n) is 18.4. The van der Waals surface area contributed by atoms with Crippen molar-refractivity contribution in [2.75, 3.05) is 0 Å². The molecule has 0 spiro atoms. The van der Waals surface area contributed by atoms with Crippen LogP contribution in [0.2, 0.25) is 0 Å². The number of pyridine rings is 1. The number of para-hydroxylation sites is 1. The van der Waals surface area contributed by atoms with Gasteiger partial charge in [0.25, 0.3) is 0 Å². The van der Waals surface area contributed by atoms with E-state index in [4.69, 9.17) is 0 Å². The van der Waals surface area contributed by atoms with Crippen LogP contribution in [-0.4, -0.2) is 9.55 Å². The SMILES string of the molecule is CC(C)(C)C1=Cc2ccc3c(-c4cccc(-n5c6c(c7ccccc75)C=CCC6)c4)cc(-c4ccc(-c5cccnc5)cc4)c4c3c2C(C=C4)C1. The van der Waals surface area contributed by atoms with Crippen LogP contribution < -0.4 is 0 Å². The molecule has 0 radical (unpaired) electrons. The second-order valence-corrected chi connectivity index (χ2v) is 15.5. The Morgan fingerprint density at radius 3 is 2.39 bits per heavy atom. The van der Waals surface area contributed by atoms with E-state index in [-0.39, 0.29) is 5.41 Å². The van der Waals surface area contributed by atoms with Crippen LogP contribution in [0.5, 0.6) is 0 Å². The first kappa shape index (κ1) is 30.1. The Balaban J connectivity index is 1.21. The molecular formula is C49H40N2. The highest BCUT2D eigenvalue weighted by atomic mass is 15.0. The average Bonchev–Trinajstić information content (AvgIpc) is 3.51. The fraction of sp³-hybridized carbons (Fsp3) is 0.163. The summed E-state index contributed by atoms with van der Waals surface area (Å²) in [5, 5.41) is 4.07. The van der Waals surface area contributed by atoms with Gasteiger partial charge in [-0.05, 0) is 116 Å². The zero-order valence-corrected chi connectivity index (χ0v) is 29.4. The van der Waals surface area contributed by atoms with Crippen LogP contribution >= 0.6 is 0 Å². The van der Waals surface area contributed by atoms with Gasteiger partial charge in [-0.3, -0.25) is 4.98 Å². The molecule has 2 heterocycles. The van der Waals surface area contributed by atoms with Crippen molar-refractivity contribution in [1.82, 2.24) is 9.55 Å². The molecule has 0 aliphatic heterocycles. The van der Waals surface area contributed by atoms with E-state index in [0.29, 0.717) is 5.92 Å². The minimum Gasteiger partial charge on any atom is -0.313 e. The van der Waals surface area contributed by atoms with Crippen LogP contribution in [0.1, 0.15) is 67.5 Å². The Morgan fingerprint density at radius 2 is 1.55 bits per heavy atom. The summed E-state index contributed by atoms with van der Waals surface area (Å²) >= 11 is 0. The van der Waals surface area contributed by atoms with E-state index in [9.17, 15) is 0 Å². The van der Waals surface area contributed by atoms with E-state index in [1.165, 1.54) is 88.7 Å². The Bertz CT molecular complexity index is 2620. The van der Waals surface area contributed by atoms with Gasteiger partial charge in [0.15, 0.2) is 0 Å². The molecular weight excluding hydrogens is 617 g/mol. The monoisotopic (exact) mass is 656 g/mol. The van der Waals surface area contributed by atoms with Gasteiger partial charge in [-0.25, -0.2) is 0 Å². The molecule has 10 rings (SSSR count). The highest BCUT2D eigenvalue weighted by Crippen LogP contribution is 2.51. The number of benzene rings is 5. The van der Waals surface area contributed by atoms with Gasteiger partial charge in [0.2, 0.25) is 0 Å². The lowest BCUT2D eigenvalue weighted by Crippen LogP contribution is -2.17. The van der Waals surface area contributed by atoms with Crippen molar-refractivity contribution in [2.45, 2.75) is 46.0 Å². The molecule has 0 fully saturated rings. The third-order valence-corrected chi connectivity index (χ3v) is 11.5. The van der Waals surface area contributed by atoms with Gasteiger partial charge in [0.1, 0.15) is 0 Å². The molecule has 2 heteroatoms. The largest absolute Gasteiger partial charge is 0.313 e. The second-order valence-electron chi connectivity index (χ2n) is 15.5. The first-order valence-corrected chi connectivity index (χ1v) is 18.4. The normalized spacial score (nSPS) is 16.1. The molecule has 246 valence electrons. The molecule has 0 amide bonds. The minimum atomic E-state index is 0.141. The van der Waals surface area contributed by atoms with Gasteiger partial charge in [-0.1, -0.05) is 130 Å². The van der Waals surface area contributed by atoms with E-state index >= 15 is 0 Å². The van der Waals surface area contributed by atoms with Crippen LogP contribution in [0.25, 0.3) is 79.0 Å². The number of rotatable bonds is 4. The van der Waals surface area contributed by atoms with Gasteiger partial charge < -0.3 is 4.57 Å². The van der Waals surface area contributed by atoms with E-state index < -0.39 is 0 Å². The Hall–Kier alpha value is -5.73. The third-order valence-electron chi connectivity index (χ3n) is 11.5. The Morgan fingerprint density at radius 1 is 0.706 bits per heavy atom. The van der Waals surface area contributed by atoms with Crippen LogP contribution in [-0.2, 0) is 6.42 Å². The summed E-state index contributed by atoms with van der Waals surface area (Å²) in [7, 11) is 0. The number of allylic oxidation sites excluding steroid dienone is 3. The van der Waals surface area contributed by atoms with Gasteiger partial charge in [0.05, 0.1) is 5.52 Å². The maximum atomic E-state index is 4.36. The fourth-order valence-electron chi connectivity index (χ4n) is 8.90. The third kappa shape index (κ3) is 4.81. The standard InChI is InChI=1S/C49H40N2/c1-49(2,3)37-26-34-21-23-41-43(32-19-17-31(18-20-32)36-11-9-25-50-30-36)29-44(42-24-22-35(27-37)47(34)48(41)42)33-10-8-12-38(28-33)51-45-15-6-4-13-39(45)40-14-5-7-16-46(40)51/h4-6,8-15,17-25,27-30,34H,7,16,26H2,1-3H3. The molecule has 2 aromatic heterocycles. The molecule has 51 heavy (non-hydrogen) atoms. The molecule has 0 bridgehead atoms. The highest BCUT2D eigenvalue weighted by Gasteiger charge is 2.31. The molecule has 0 N–H and O–H groups in total. The molecule has 3 aliphatic carbocycles. The van der Waals surface area contributed by atoms with Crippen molar-refractivity contribution in [2.24, 2.45) is 5.41 Å². The average molecular weight is 657 g/mol. The molecule has 1 unspecified atom stereocenters. The van der Waals surface area contributed by atoms with Gasteiger partial charge in [-0.15, -0.1) is 0 Å². The lowest BCUT2D eigenvalue weighted by Gasteiger charge is -2.34. The zero-order chi connectivity index (χ0) is 34.3.